The molecule has 4 nitrogen and oxygen atoms in total. The minimum Gasteiger partial charge on any atom is -0.463 e. The highest BCUT2D eigenvalue weighted by Gasteiger charge is 2.42. The lowest BCUT2D eigenvalue weighted by atomic mass is 9.75. The number of halogens is 2. The van der Waals surface area contributed by atoms with Crippen LogP contribution >= 0.6 is 24.0 Å². The third-order valence-electron chi connectivity index (χ3n) is 4.14. The molecule has 0 amide bonds. The van der Waals surface area contributed by atoms with E-state index >= 15 is 0 Å². The summed E-state index contributed by atoms with van der Waals surface area (Å²) in [6, 6.07) is 7.44. The Hall–Kier alpha value is -1.10. The topological polar surface area (TPSA) is 55.4 Å². The normalized spacial score (nSPS) is 20.6. The zero-order valence-corrected chi connectivity index (χ0v) is 15.7. The second-order valence-corrected chi connectivity index (χ2v) is 6.64. The molecule has 0 spiro atoms. The molecular weight excluding hydrogens is 349 g/mol. The number of nitrogens with one attached hydrogen (secondary N) is 1. The van der Waals surface area contributed by atoms with Crippen LogP contribution in [-0.2, 0) is 19.9 Å². The third kappa shape index (κ3) is 4.95. The van der Waals surface area contributed by atoms with Gasteiger partial charge >= 0.3 is 5.97 Å². The summed E-state index contributed by atoms with van der Waals surface area (Å²) in [4.78, 5) is 24.4. The molecule has 6 heteroatoms. The number of carbonyl (C=O) groups is 2. The van der Waals surface area contributed by atoms with Gasteiger partial charge in [0, 0.05) is 18.0 Å². The number of ketones is 1. The minimum absolute atomic E-state index is 0. The monoisotopic (exact) mass is 373 g/mol. The number of esters is 1. The van der Waals surface area contributed by atoms with Gasteiger partial charge in [0.05, 0.1) is 12.5 Å². The van der Waals surface area contributed by atoms with Gasteiger partial charge in [0.1, 0.15) is 5.54 Å². The van der Waals surface area contributed by atoms with Gasteiger partial charge in [0.25, 0.3) is 0 Å². The number of rotatable bonds is 6. The molecule has 2 rings (SSSR count). The van der Waals surface area contributed by atoms with E-state index in [0.717, 1.165) is 18.4 Å². The number of ether oxygens (including phenoxy) is 1. The first-order chi connectivity index (χ1) is 11.0. The molecule has 0 radical (unpaired) electrons. The van der Waals surface area contributed by atoms with Crippen LogP contribution in [0.15, 0.2) is 24.3 Å². The first-order valence-electron chi connectivity index (χ1n) is 8.18. The maximum atomic E-state index is 12.7. The van der Waals surface area contributed by atoms with Gasteiger partial charge in [-0.2, -0.15) is 0 Å². The van der Waals surface area contributed by atoms with E-state index in [-0.39, 0.29) is 36.7 Å². The molecular formula is C18H25Cl2NO3. The van der Waals surface area contributed by atoms with Crippen LogP contribution in [-0.4, -0.2) is 24.4 Å². The summed E-state index contributed by atoms with van der Waals surface area (Å²) in [6.45, 7) is 4.03. The summed E-state index contributed by atoms with van der Waals surface area (Å²) < 4.78 is 5.14. The Kier molecular flexibility index (Phi) is 8.20. The van der Waals surface area contributed by atoms with Crippen molar-refractivity contribution in [3.8, 4) is 0 Å². The average Bonchev–Trinajstić information content (AvgIpc) is 2.49. The molecule has 0 unspecified atom stereocenters. The van der Waals surface area contributed by atoms with E-state index in [2.05, 4.69) is 5.32 Å². The number of benzene rings is 1. The summed E-state index contributed by atoms with van der Waals surface area (Å²) in [5, 5.41) is 3.89. The zero-order chi connectivity index (χ0) is 16.9. The van der Waals surface area contributed by atoms with Crippen LogP contribution < -0.4 is 5.32 Å². The average molecular weight is 374 g/mol. The van der Waals surface area contributed by atoms with Crippen molar-refractivity contribution in [3.63, 3.8) is 0 Å². The molecule has 0 heterocycles. The number of carbonyl (C=O) groups excluding carboxylic acids is 2. The summed E-state index contributed by atoms with van der Waals surface area (Å²) in [5.41, 5.74) is 0.0259. The standard InChI is InChI=1S/C18H24ClNO3.ClH/c1-13(2)23-17(22)10-12-20-18(11-6-5-9-16(18)21)14-7-3-4-8-15(14)19;/h3-4,7-8,13,20H,5-6,9-12H2,1-2H3;1H/t18-;/m0./s1. The van der Waals surface area contributed by atoms with Gasteiger partial charge in [0.15, 0.2) is 5.78 Å². The predicted molar refractivity (Wildman–Crippen MR) is 97.7 cm³/mol. The van der Waals surface area contributed by atoms with Crippen LogP contribution in [0.3, 0.4) is 0 Å². The fraction of sp³-hybridized carbons (Fsp3) is 0.556. The molecule has 1 atom stereocenters. The molecule has 0 saturated heterocycles. The second-order valence-electron chi connectivity index (χ2n) is 6.23. The molecule has 1 N–H and O–H groups in total. The van der Waals surface area contributed by atoms with E-state index in [0.29, 0.717) is 24.4 Å². The highest BCUT2D eigenvalue weighted by molar-refractivity contribution is 6.31. The largest absolute Gasteiger partial charge is 0.463 e. The first-order valence-corrected chi connectivity index (χ1v) is 8.56. The quantitative estimate of drug-likeness (QED) is 0.764. The van der Waals surface area contributed by atoms with Gasteiger partial charge in [-0.25, -0.2) is 0 Å². The molecule has 1 aliphatic carbocycles. The van der Waals surface area contributed by atoms with E-state index in [4.69, 9.17) is 16.3 Å². The van der Waals surface area contributed by atoms with E-state index in [1.54, 1.807) is 6.07 Å². The molecule has 134 valence electrons. The summed E-state index contributed by atoms with van der Waals surface area (Å²) in [5.74, 6) is -0.112. The van der Waals surface area contributed by atoms with Crippen molar-refractivity contribution >= 4 is 35.8 Å². The molecule has 1 aromatic rings. The molecule has 24 heavy (non-hydrogen) atoms. The smallest absolute Gasteiger partial charge is 0.307 e. The molecule has 0 aliphatic heterocycles. The maximum Gasteiger partial charge on any atom is 0.307 e. The minimum atomic E-state index is -0.783. The lowest BCUT2D eigenvalue weighted by Crippen LogP contribution is -2.51. The highest BCUT2D eigenvalue weighted by Crippen LogP contribution is 2.37. The van der Waals surface area contributed by atoms with Gasteiger partial charge in [-0.1, -0.05) is 36.2 Å². The Morgan fingerprint density at radius 3 is 2.67 bits per heavy atom. The predicted octanol–water partition coefficient (Wildman–Crippen LogP) is 4.03. The molecule has 0 bridgehead atoms. The van der Waals surface area contributed by atoms with Crippen molar-refractivity contribution in [2.45, 2.75) is 57.6 Å². The van der Waals surface area contributed by atoms with Gasteiger partial charge in [0.2, 0.25) is 0 Å². The number of Topliss-reactive ketones (excluding diaryl/α,β-unsaturated/α-hetero) is 1. The number of hydrogen-bond acceptors (Lipinski definition) is 4. The van der Waals surface area contributed by atoms with Gasteiger partial charge in [-0.15, -0.1) is 12.4 Å². The van der Waals surface area contributed by atoms with Crippen molar-refractivity contribution < 1.29 is 14.3 Å². The van der Waals surface area contributed by atoms with E-state index in [9.17, 15) is 9.59 Å². The Morgan fingerprint density at radius 1 is 1.33 bits per heavy atom. The van der Waals surface area contributed by atoms with Crippen LogP contribution in [0.25, 0.3) is 0 Å². The molecule has 1 fully saturated rings. The molecule has 1 aliphatic rings. The fourth-order valence-electron chi connectivity index (χ4n) is 3.10. The zero-order valence-electron chi connectivity index (χ0n) is 14.1. The Balaban J connectivity index is 0.00000288. The van der Waals surface area contributed by atoms with Crippen molar-refractivity contribution in [1.29, 1.82) is 0 Å². The molecule has 1 aromatic carbocycles. The van der Waals surface area contributed by atoms with Gasteiger partial charge in [-0.05, 0) is 38.3 Å². The molecule has 0 aromatic heterocycles. The third-order valence-corrected chi connectivity index (χ3v) is 4.47. The van der Waals surface area contributed by atoms with Gasteiger partial charge < -0.3 is 10.1 Å². The summed E-state index contributed by atoms with van der Waals surface area (Å²) in [6.07, 6.45) is 3.21. The van der Waals surface area contributed by atoms with E-state index < -0.39 is 5.54 Å². The summed E-state index contributed by atoms with van der Waals surface area (Å²) >= 11 is 6.34. The van der Waals surface area contributed by atoms with Crippen molar-refractivity contribution in [2.24, 2.45) is 0 Å². The lowest BCUT2D eigenvalue weighted by Gasteiger charge is -2.37. The van der Waals surface area contributed by atoms with Crippen LogP contribution in [0.5, 0.6) is 0 Å². The van der Waals surface area contributed by atoms with Gasteiger partial charge in [-0.3, -0.25) is 9.59 Å². The summed E-state index contributed by atoms with van der Waals surface area (Å²) in [7, 11) is 0. The Morgan fingerprint density at radius 2 is 2.04 bits per heavy atom. The van der Waals surface area contributed by atoms with Crippen LogP contribution in [0.1, 0.15) is 51.5 Å². The van der Waals surface area contributed by atoms with Crippen LogP contribution in [0.4, 0.5) is 0 Å². The van der Waals surface area contributed by atoms with E-state index in [1.165, 1.54) is 0 Å². The van der Waals surface area contributed by atoms with Crippen LogP contribution in [0, 0.1) is 0 Å². The van der Waals surface area contributed by atoms with Crippen molar-refractivity contribution in [2.75, 3.05) is 6.54 Å². The number of hydrogen-bond donors (Lipinski definition) is 1. The Labute approximate surface area is 154 Å². The maximum absolute atomic E-state index is 12.7. The van der Waals surface area contributed by atoms with Crippen molar-refractivity contribution in [3.05, 3.63) is 34.9 Å². The fourth-order valence-corrected chi connectivity index (χ4v) is 3.40. The molecule has 1 saturated carbocycles. The van der Waals surface area contributed by atoms with Crippen LogP contribution in [0.2, 0.25) is 5.02 Å². The highest BCUT2D eigenvalue weighted by atomic mass is 35.5. The van der Waals surface area contributed by atoms with E-state index in [1.807, 2.05) is 32.0 Å². The van der Waals surface area contributed by atoms with Crippen molar-refractivity contribution in [1.82, 2.24) is 5.32 Å². The first kappa shape index (κ1) is 20.9. The SMILES string of the molecule is CC(C)OC(=O)CCN[C@]1(c2ccccc2Cl)CCCCC1=O.Cl. The Bertz CT molecular complexity index is 577. The lowest BCUT2D eigenvalue weighted by molar-refractivity contribution is -0.147. The second kappa shape index (κ2) is 9.40.